The van der Waals surface area contributed by atoms with Gasteiger partial charge in [0.25, 0.3) is 5.24 Å². The molecule has 0 spiro atoms. The molecule has 0 aromatic heterocycles. The highest BCUT2D eigenvalue weighted by Crippen LogP contribution is 2.14. The number of carbonyl (C=O) groups excluding carboxylic acids is 1. The molecule has 0 saturated heterocycles. The van der Waals surface area contributed by atoms with Gasteiger partial charge in [-0.2, -0.15) is 0 Å². The standard InChI is InChI=1S/C7H15NOS/c1-5-8(6(9)10)7(2,3)4/h5H2,1-4H3,(H,9,10). The number of carbonyl (C=O) groups is 1. The van der Waals surface area contributed by atoms with Crippen molar-refractivity contribution in [1.82, 2.24) is 4.90 Å². The molecule has 0 fully saturated rings. The van der Waals surface area contributed by atoms with Crippen molar-refractivity contribution >= 4 is 17.9 Å². The van der Waals surface area contributed by atoms with Crippen LogP contribution >= 0.6 is 12.6 Å². The average molecular weight is 161 g/mol. The van der Waals surface area contributed by atoms with Gasteiger partial charge < -0.3 is 4.90 Å². The maximum Gasteiger partial charge on any atom is 0.278 e. The lowest BCUT2D eigenvalue weighted by atomic mass is 10.1. The van der Waals surface area contributed by atoms with E-state index in [2.05, 4.69) is 12.6 Å². The molecule has 0 atom stereocenters. The Hall–Kier alpha value is -0.180. The Bertz CT molecular complexity index is 128. The fourth-order valence-electron chi connectivity index (χ4n) is 0.897. The Balaban J connectivity index is 4.22. The van der Waals surface area contributed by atoms with E-state index in [4.69, 9.17) is 0 Å². The number of hydrogen-bond donors (Lipinski definition) is 1. The van der Waals surface area contributed by atoms with Gasteiger partial charge in [0.1, 0.15) is 0 Å². The quantitative estimate of drug-likeness (QED) is 0.584. The number of hydrogen-bond acceptors (Lipinski definition) is 1. The van der Waals surface area contributed by atoms with Crippen molar-refractivity contribution in [3.8, 4) is 0 Å². The first kappa shape index (κ1) is 9.82. The normalized spacial score (nSPS) is 11.3. The summed E-state index contributed by atoms with van der Waals surface area (Å²) in [6, 6.07) is 0. The van der Waals surface area contributed by atoms with E-state index in [0.717, 1.165) is 0 Å². The van der Waals surface area contributed by atoms with Crippen molar-refractivity contribution in [3.63, 3.8) is 0 Å². The molecule has 0 aliphatic carbocycles. The molecule has 0 heterocycles. The summed E-state index contributed by atoms with van der Waals surface area (Å²) >= 11 is 3.75. The third-order valence-corrected chi connectivity index (χ3v) is 1.60. The third-order valence-electron chi connectivity index (χ3n) is 1.36. The van der Waals surface area contributed by atoms with Gasteiger partial charge in [0.05, 0.1) is 0 Å². The van der Waals surface area contributed by atoms with Gasteiger partial charge in [0.2, 0.25) is 0 Å². The van der Waals surface area contributed by atoms with E-state index in [-0.39, 0.29) is 10.8 Å². The zero-order valence-electron chi connectivity index (χ0n) is 7.01. The molecule has 0 rings (SSSR count). The Morgan fingerprint density at radius 2 is 1.90 bits per heavy atom. The molecule has 3 heteroatoms. The lowest BCUT2D eigenvalue weighted by Gasteiger charge is -2.33. The fraction of sp³-hybridized carbons (Fsp3) is 0.857. The van der Waals surface area contributed by atoms with Crippen LogP contribution in [0.1, 0.15) is 27.7 Å². The SMILES string of the molecule is CCN(C(=O)S)C(C)(C)C. The molecule has 0 unspecified atom stereocenters. The highest BCUT2D eigenvalue weighted by molar-refractivity contribution is 7.96. The minimum Gasteiger partial charge on any atom is -0.329 e. The second-order valence-electron chi connectivity index (χ2n) is 3.20. The molecule has 0 radical (unpaired) electrons. The van der Waals surface area contributed by atoms with Gasteiger partial charge in [-0.25, -0.2) is 0 Å². The summed E-state index contributed by atoms with van der Waals surface area (Å²) in [4.78, 5) is 12.5. The van der Waals surface area contributed by atoms with Crippen molar-refractivity contribution in [2.75, 3.05) is 6.54 Å². The highest BCUT2D eigenvalue weighted by Gasteiger charge is 2.21. The summed E-state index contributed by atoms with van der Waals surface area (Å²) in [6.45, 7) is 8.63. The van der Waals surface area contributed by atoms with Gasteiger partial charge in [-0.3, -0.25) is 4.79 Å². The highest BCUT2D eigenvalue weighted by atomic mass is 32.1. The Morgan fingerprint density at radius 3 is 1.90 bits per heavy atom. The molecule has 0 aliphatic rings. The average Bonchev–Trinajstić information content (AvgIpc) is 1.60. The van der Waals surface area contributed by atoms with Gasteiger partial charge in [0, 0.05) is 12.1 Å². The third kappa shape index (κ3) is 2.60. The van der Waals surface area contributed by atoms with Gasteiger partial charge in [-0.05, 0) is 27.7 Å². The van der Waals surface area contributed by atoms with Crippen molar-refractivity contribution in [3.05, 3.63) is 0 Å². The Morgan fingerprint density at radius 1 is 1.50 bits per heavy atom. The molecule has 60 valence electrons. The molecule has 0 aromatic rings. The molecule has 10 heavy (non-hydrogen) atoms. The van der Waals surface area contributed by atoms with Crippen molar-refractivity contribution in [2.45, 2.75) is 33.2 Å². The van der Waals surface area contributed by atoms with E-state index in [1.54, 1.807) is 4.90 Å². The van der Waals surface area contributed by atoms with Crippen LogP contribution in [-0.2, 0) is 0 Å². The summed E-state index contributed by atoms with van der Waals surface area (Å²) in [6.07, 6.45) is 0. The molecule has 0 N–H and O–H groups in total. The molecular formula is C7H15NOS. The number of thiol groups is 1. The fourth-order valence-corrected chi connectivity index (χ4v) is 1.34. The van der Waals surface area contributed by atoms with Crippen molar-refractivity contribution < 1.29 is 4.79 Å². The van der Waals surface area contributed by atoms with E-state index >= 15 is 0 Å². The van der Waals surface area contributed by atoms with Crippen molar-refractivity contribution in [1.29, 1.82) is 0 Å². The van der Waals surface area contributed by atoms with Gasteiger partial charge in [0.15, 0.2) is 0 Å². The molecule has 0 bridgehead atoms. The van der Waals surface area contributed by atoms with Gasteiger partial charge >= 0.3 is 0 Å². The first-order valence-corrected chi connectivity index (χ1v) is 3.85. The maximum absolute atomic E-state index is 10.8. The van der Waals surface area contributed by atoms with Gasteiger partial charge in [-0.15, -0.1) is 0 Å². The van der Waals surface area contributed by atoms with E-state index in [0.29, 0.717) is 6.54 Å². The first-order valence-electron chi connectivity index (χ1n) is 3.40. The van der Waals surface area contributed by atoms with E-state index < -0.39 is 0 Å². The maximum atomic E-state index is 10.8. The Kier molecular flexibility index (Phi) is 3.22. The molecule has 2 nitrogen and oxygen atoms in total. The summed E-state index contributed by atoms with van der Waals surface area (Å²) in [7, 11) is 0. The van der Waals surface area contributed by atoms with Crippen LogP contribution in [0.5, 0.6) is 0 Å². The van der Waals surface area contributed by atoms with E-state index in [9.17, 15) is 4.79 Å². The van der Waals surface area contributed by atoms with Crippen LogP contribution in [-0.4, -0.2) is 22.2 Å². The predicted molar refractivity (Wildman–Crippen MR) is 46.5 cm³/mol. The number of rotatable bonds is 1. The second-order valence-corrected chi connectivity index (χ2v) is 3.58. The Labute approximate surface area is 68.0 Å². The van der Waals surface area contributed by atoms with Crippen LogP contribution in [0.3, 0.4) is 0 Å². The summed E-state index contributed by atoms with van der Waals surface area (Å²) < 4.78 is 0. The lowest BCUT2D eigenvalue weighted by Crippen LogP contribution is -2.42. The number of amides is 1. The molecule has 0 saturated carbocycles. The van der Waals surface area contributed by atoms with E-state index in [1.165, 1.54) is 0 Å². The molecule has 0 aromatic carbocycles. The summed E-state index contributed by atoms with van der Waals surface area (Å²) in [5, 5.41) is -0.157. The van der Waals surface area contributed by atoms with Crippen LogP contribution in [0.2, 0.25) is 0 Å². The lowest BCUT2D eigenvalue weighted by molar-refractivity contribution is 0.173. The topological polar surface area (TPSA) is 20.3 Å². The first-order chi connectivity index (χ1) is 4.39. The van der Waals surface area contributed by atoms with Crippen LogP contribution in [0.25, 0.3) is 0 Å². The van der Waals surface area contributed by atoms with Crippen LogP contribution in [0, 0.1) is 0 Å². The van der Waals surface area contributed by atoms with Gasteiger partial charge in [-0.1, -0.05) is 12.6 Å². The minimum absolute atomic E-state index is 0.104. The largest absolute Gasteiger partial charge is 0.329 e. The molecule has 0 aliphatic heterocycles. The molecule has 1 amide bonds. The second kappa shape index (κ2) is 3.28. The van der Waals surface area contributed by atoms with Crippen LogP contribution in [0.4, 0.5) is 4.79 Å². The summed E-state index contributed by atoms with van der Waals surface area (Å²) in [5.41, 5.74) is -0.104. The predicted octanol–water partition coefficient (Wildman–Crippen LogP) is 2.16. The number of nitrogens with zero attached hydrogens (tertiary/aromatic N) is 1. The zero-order chi connectivity index (χ0) is 8.36. The smallest absolute Gasteiger partial charge is 0.278 e. The van der Waals surface area contributed by atoms with Crippen molar-refractivity contribution in [2.24, 2.45) is 0 Å². The zero-order valence-corrected chi connectivity index (χ0v) is 7.90. The minimum atomic E-state index is -0.157. The van der Waals surface area contributed by atoms with E-state index in [1.807, 2.05) is 27.7 Å². The molecular weight excluding hydrogens is 146 g/mol. The monoisotopic (exact) mass is 161 g/mol. The summed E-state index contributed by atoms with van der Waals surface area (Å²) in [5.74, 6) is 0. The van der Waals surface area contributed by atoms with Crippen LogP contribution in [0.15, 0.2) is 0 Å². The van der Waals surface area contributed by atoms with Crippen LogP contribution < -0.4 is 0 Å².